The Morgan fingerprint density at radius 3 is 2.73 bits per heavy atom. The largest absolute Gasteiger partial charge is 0.368 e. The summed E-state index contributed by atoms with van der Waals surface area (Å²) in [7, 11) is 0. The number of rotatable bonds is 7. The molecule has 5 aromatic rings. The average molecular weight is 439 g/mol. The van der Waals surface area contributed by atoms with E-state index in [2.05, 4.69) is 30.7 Å². The van der Waals surface area contributed by atoms with Gasteiger partial charge in [-0.2, -0.15) is 0 Å². The van der Waals surface area contributed by atoms with E-state index in [0.717, 1.165) is 22.6 Å². The Morgan fingerprint density at radius 2 is 1.91 bits per heavy atom. The minimum absolute atomic E-state index is 0.170. The molecule has 164 valence electrons. The van der Waals surface area contributed by atoms with Crippen molar-refractivity contribution in [3.63, 3.8) is 0 Å². The molecule has 2 N–H and O–H groups in total. The molecule has 33 heavy (non-hydrogen) atoms. The van der Waals surface area contributed by atoms with Crippen molar-refractivity contribution in [3.05, 3.63) is 84.7 Å². The zero-order valence-corrected chi connectivity index (χ0v) is 17.9. The summed E-state index contributed by atoms with van der Waals surface area (Å²) in [6, 6.07) is 16.9. The fourth-order valence-electron chi connectivity index (χ4n) is 3.54. The first kappa shape index (κ1) is 20.4. The molecule has 0 aliphatic heterocycles. The summed E-state index contributed by atoms with van der Waals surface area (Å²) in [6.07, 6.45) is 5.06. The van der Waals surface area contributed by atoms with Crippen LogP contribution in [0.15, 0.2) is 77.8 Å². The molecule has 1 amide bonds. The third-order valence-electron chi connectivity index (χ3n) is 5.22. The van der Waals surface area contributed by atoms with Gasteiger partial charge >= 0.3 is 0 Å². The van der Waals surface area contributed by atoms with Crippen molar-refractivity contribution >= 4 is 22.6 Å². The van der Waals surface area contributed by atoms with E-state index in [9.17, 15) is 4.79 Å². The summed E-state index contributed by atoms with van der Waals surface area (Å²) >= 11 is 0. The number of benzene rings is 2. The molecule has 0 aliphatic rings. The highest BCUT2D eigenvalue weighted by Crippen LogP contribution is 2.29. The van der Waals surface area contributed by atoms with Crippen molar-refractivity contribution in [2.45, 2.75) is 6.92 Å². The van der Waals surface area contributed by atoms with Gasteiger partial charge in [-0.15, -0.1) is 0 Å². The Morgan fingerprint density at radius 1 is 1.03 bits per heavy atom. The number of fused-ring (bicyclic) bond motifs is 1. The van der Waals surface area contributed by atoms with Gasteiger partial charge in [-0.1, -0.05) is 35.5 Å². The van der Waals surface area contributed by atoms with Gasteiger partial charge in [0, 0.05) is 42.7 Å². The summed E-state index contributed by atoms with van der Waals surface area (Å²) in [5.41, 5.74) is 2.17. The predicted octanol–water partition coefficient (Wildman–Crippen LogP) is 3.62. The number of nitrogens with one attached hydrogen (secondary N) is 2. The summed E-state index contributed by atoms with van der Waals surface area (Å²) in [4.78, 5) is 25.4. The van der Waals surface area contributed by atoms with Crippen molar-refractivity contribution < 1.29 is 9.32 Å². The maximum absolute atomic E-state index is 12.7. The Balaban J connectivity index is 1.22. The fraction of sp³-hybridized carbons (Fsp3) is 0.125. The summed E-state index contributed by atoms with van der Waals surface area (Å²) < 4.78 is 7.39. The molecule has 0 radical (unpaired) electrons. The highest BCUT2D eigenvalue weighted by atomic mass is 16.5. The van der Waals surface area contributed by atoms with Crippen LogP contribution in [0, 0.1) is 6.92 Å². The van der Waals surface area contributed by atoms with Crippen molar-refractivity contribution in [1.82, 2.24) is 30.0 Å². The van der Waals surface area contributed by atoms with Crippen LogP contribution in [0.2, 0.25) is 0 Å². The SMILES string of the molecule is Cc1nccn1-c1cc(NCCNC(=O)c2ccc3noc(-c4ccccc4)c3c2)ncn1. The van der Waals surface area contributed by atoms with Crippen LogP contribution in [0.3, 0.4) is 0 Å². The lowest BCUT2D eigenvalue weighted by atomic mass is 10.1. The van der Waals surface area contributed by atoms with Gasteiger partial charge in [-0.25, -0.2) is 15.0 Å². The van der Waals surface area contributed by atoms with Gasteiger partial charge in [0.25, 0.3) is 5.91 Å². The first-order chi connectivity index (χ1) is 16.2. The topological polar surface area (TPSA) is 111 Å². The van der Waals surface area contributed by atoms with Crippen molar-refractivity contribution in [2.75, 3.05) is 18.4 Å². The Hall–Kier alpha value is -4.53. The minimum atomic E-state index is -0.170. The predicted molar refractivity (Wildman–Crippen MR) is 124 cm³/mol. The second kappa shape index (κ2) is 8.91. The highest BCUT2D eigenvalue weighted by molar-refractivity contribution is 6.00. The van der Waals surface area contributed by atoms with Gasteiger partial charge in [-0.05, 0) is 25.1 Å². The molecule has 0 bridgehead atoms. The molecule has 0 spiro atoms. The van der Waals surface area contributed by atoms with Crippen molar-refractivity contribution in [3.8, 4) is 17.1 Å². The first-order valence-electron chi connectivity index (χ1n) is 10.5. The lowest BCUT2D eigenvalue weighted by Gasteiger charge is -2.09. The number of anilines is 1. The van der Waals surface area contributed by atoms with E-state index in [1.807, 2.05) is 54.1 Å². The molecule has 2 aromatic carbocycles. The molecule has 9 heteroatoms. The summed E-state index contributed by atoms with van der Waals surface area (Å²) in [5, 5.41) is 11.0. The Kier molecular flexibility index (Phi) is 5.50. The standard InChI is InChI=1S/C24H21N7O2/c1-16-25-11-12-31(16)22-14-21(28-15-29-22)26-9-10-27-24(32)18-7-8-20-19(13-18)23(33-30-20)17-5-3-2-4-6-17/h2-8,11-15H,9-10H2,1H3,(H,27,32)(H,26,28,29). The number of hydrogen-bond donors (Lipinski definition) is 2. The lowest BCUT2D eigenvalue weighted by molar-refractivity contribution is 0.0955. The Bertz CT molecular complexity index is 1410. The third kappa shape index (κ3) is 4.29. The number of nitrogens with zero attached hydrogens (tertiary/aromatic N) is 5. The van der Waals surface area contributed by atoms with Crippen LogP contribution in [0.25, 0.3) is 28.0 Å². The second-order valence-corrected chi connectivity index (χ2v) is 7.40. The summed E-state index contributed by atoms with van der Waals surface area (Å²) in [6.45, 7) is 2.84. The lowest BCUT2D eigenvalue weighted by Crippen LogP contribution is -2.28. The van der Waals surface area contributed by atoms with E-state index in [4.69, 9.17) is 4.52 Å². The van der Waals surface area contributed by atoms with Gasteiger partial charge in [0.1, 0.15) is 29.3 Å². The quantitative estimate of drug-likeness (QED) is 0.373. The van der Waals surface area contributed by atoms with Gasteiger partial charge < -0.3 is 15.2 Å². The van der Waals surface area contributed by atoms with Gasteiger partial charge in [0.15, 0.2) is 5.76 Å². The zero-order chi connectivity index (χ0) is 22.6. The van der Waals surface area contributed by atoms with E-state index in [1.165, 1.54) is 6.33 Å². The molecule has 5 rings (SSSR count). The molecule has 0 saturated heterocycles. The number of carbonyl (C=O) groups is 1. The molecule has 0 aliphatic carbocycles. The van der Waals surface area contributed by atoms with Crippen LogP contribution >= 0.6 is 0 Å². The van der Waals surface area contributed by atoms with Crippen molar-refractivity contribution in [2.24, 2.45) is 0 Å². The highest BCUT2D eigenvalue weighted by Gasteiger charge is 2.14. The van der Waals surface area contributed by atoms with Crippen LogP contribution in [0.4, 0.5) is 5.82 Å². The number of carbonyl (C=O) groups excluding carboxylic acids is 1. The van der Waals surface area contributed by atoms with Gasteiger partial charge in [0.2, 0.25) is 0 Å². The van der Waals surface area contributed by atoms with Crippen LogP contribution in [0.5, 0.6) is 0 Å². The maximum Gasteiger partial charge on any atom is 0.251 e. The molecular formula is C24H21N7O2. The number of hydrogen-bond acceptors (Lipinski definition) is 7. The van der Waals surface area contributed by atoms with Crippen LogP contribution in [-0.4, -0.2) is 43.7 Å². The molecule has 0 atom stereocenters. The fourth-order valence-corrected chi connectivity index (χ4v) is 3.54. The first-order valence-corrected chi connectivity index (χ1v) is 10.5. The number of amides is 1. The molecule has 0 fully saturated rings. The van der Waals surface area contributed by atoms with Crippen LogP contribution < -0.4 is 10.6 Å². The van der Waals surface area contributed by atoms with E-state index >= 15 is 0 Å². The van der Waals surface area contributed by atoms with E-state index in [0.29, 0.717) is 35.7 Å². The van der Waals surface area contributed by atoms with E-state index < -0.39 is 0 Å². The normalized spacial score (nSPS) is 10.9. The summed E-state index contributed by atoms with van der Waals surface area (Å²) in [5.74, 6) is 2.71. The molecular weight excluding hydrogens is 418 g/mol. The molecule has 0 unspecified atom stereocenters. The van der Waals surface area contributed by atoms with Crippen LogP contribution in [-0.2, 0) is 0 Å². The number of aryl methyl sites for hydroxylation is 1. The molecule has 3 heterocycles. The third-order valence-corrected chi connectivity index (χ3v) is 5.22. The second-order valence-electron chi connectivity index (χ2n) is 7.40. The van der Waals surface area contributed by atoms with Crippen molar-refractivity contribution in [1.29, 1.82) is 0 Å². The Labute approximate surface area is 189 Å². The maximum atomic E-state index is 12.7. The molecule has 0 saturated carbocycles. The average Bonchev–Trinajstić information content (AvgIpc) is 3.48. The van der Waals surface area contributed by atoms with Gasteiger partial charge in [0.05, 0.1) is 5.39 Å². The van der Waals surface area contributed by atoms with E-state index in [1.54, 1.807) is 24.4 Å². The monoisotopic (exact) mass is 439 g/mol. The van der Waals surface area contributed by atoms with Gasteiger partial charge in [-0.3, -0.25) is 9.36 Å². The zero-order valence-electron chi connectivity index (χ0n) is 17.9. The number of aromatic nitrogens is 5. The smallest absolute Gasteiger partial charge is 0.251 e. The molecule has 9 nitrogen and oxygen atoms in total. The van der Waals surface area contributed by atoms with Crippen LogP contribution in [0.1, 0.15) is 16.2 Å². The van der Waals surface area contributed by atoms with E-state index in [-0.39, 0.29) is 5.91 Å². The minimum Gasteiger partial charge on any atom is -0.368 e. The number of imidazole rings is 1. The molecule has 3 aromatic heterocycles.